The average Bonchev–Trinajstić information content (AvgIpc) is 2.39. The van der Waals surface area contributed by atoms with Crippen molar-refractivity contribution in [1.82, 2.24) is 4.98 Å². The number of hydrogen-bond acceptors (Lipinski definition) is 2. The van der Waals surface area contributed by atoms with Crippen LogP contribution < -0.4 is 11.1 Å². The number of rotatable bonds is 1. The van der Waals surface area contributed by atoms with Crippen molar-refractivity contribution < 1.29 is 0 Å². The highest BCUT2D eigenvalue weighted by Gasteiger charge is 2.09. The van der Waals surface area contributed by atoms with Crippen molar-refractivity contribution >= 4 is 44.8 Å². The Morgan fingerprint density at radius 3 is 2.63 bits per heavy atom. The third-order valence-electron chi connectivity index (χ3n) is 3.08. The molecule has 2 aromatic carbocycles. The molecule has 4 heteroatoms. The summed E-state index contributed by atoms with van der Waals surface area (Å²) in [5.74, 6) is 0. The molecule has 0 atom stereocenters. The van der Waals surface area contributed by atoms with Crippen LogP contribution in [-0.4, -0.2) is 10.1 Å². The van der Waals surface area contributed by atoms with E-state index in [1.54, 1.807) is 0 Å². The predicted octanol–water partition coefficient (Wildman–Crippen LogP) is 3.35. The van der Waals surface area contributed by atoms with Crippen LogP contribution in [0.15, 0.2) is 42.5 Å². The first kappa shape index (κ1) is 11.9. The molecule has 0 spiro atoms. The van der Waals surface area contributed by atoms with Crippen LogP contribution in [0.25, 0.3) is 21.8 Å². The molecule has 19 heavy (non-hydrogen) atoms. The van der Waals surface area contributed by atoms with Gasteiger partial charge in [-0.1, -0.05) is 29.8 Å². The Labute approximate surface area is 116 Å². The highest BCUT2D eigenvalue weighted by molar-refractivity contribution is 7.80. The number of aryl methyl sites for hydroxylation is 1. The number of nitrogens with zero attached hydrogens (tertiary/aromatic N) is 1. The summed E-state index contributed by atoms with van der Waals surface area (Å²) in [6, 6.07) is 14.1. The molecule has 0 fully saturated rings. The summed E-state index contributed by atoms with van der Waals surface area (Å²) < 4.78 is 0. The van der Waals surface area contributed by atoms with Crippen molar-refractivity contribution in [3.05, 3.63) is 48.0 Å². The molecule has 0 aliphatic rings. The van der Waals surface area contributed by atoms with Crippen LogP contribution in [0.5, 0.6) is 0 Å². The minimum Gasteiger partial charge on any atom is -0.376 e. The van der Waals surface area contributed by atoms with Crippen molar-refractivity contribution in [2.75, 3.05) is 5.32 Å². The van der Waals surface area contributed by atoms with Crippen molar-refractivity contribution in [1.29, 1.82) is 0 Å². The number of pyridine rings is 1. The van der Waals surface area contributed by atoms with Crippen molar-refractivity contribution in [2.45, 2.75) is 6.92 Å². The Hall–Kier alpha value is -2.20. The van der Waals surface area contributed by atoms with Crippen LogP contribution in [-0.2, 0) is 0 Å². The molecule has 1 aromatic heterocycles. The third-order valence-corrected chi connectivity index (χ3v) is 3.19. The molecule has 0 unspecified atom stereocenters. The zero-order valence-electron chi connectivity index (χ0n) is 10.5. The first-order chi connectivity index (χ1) is 9.15. The van der Waals surface area contributed by atoms with E-state index >= 15 is 0 Å². The van der Waals surface area contributed by atoms with E-state index in [1.165, 1.54) is 5.56 Å². The van der Waals surface area contributed by atoms with Crippen molar-refractivity contribution in [2.24, 2.45) is 5.73 Å². The summed E-state index contributed by atoms with van der Waals surface area (Å²) in [5.41, 5.74) is 9.61. The summed E-state index contributed by atoms with van der Waals surface area (Å²) in [5, 5.41) is 5.41. The lowest BCUT2D eigenvalue weighted by Crippen LogP contribution is -2.19. The van der Waals surface area contributed by atoms with E-state index in [9.17, 15) is 0 Å². The standard InChI is InChI=1S/C15H13N3S/c1-9-6-7-13-11(8-9)14(18-15(16)19)10-4-2-3-5-12(10)17-13/h2-8H,1H3,(H3,16,17,18,19). The molecule has 0 bridgehead atoms. The molecule has 0 radical (unpaired) electrons. The summed E-state index contributed by atoms with van der Waals surface area (Å²) in [6.07, 6.45) is 0. The van der Waals surface area contributed by atoms with Gasteiger partial charge in [0, 0.05) is 10.8 Å². The maximum Gasteiger partial charge on any atom is 0.168 e. The quantitative estimate of drug-likeness (QED) is 0.524. The second-order valence-electron chi connectivity index (χ2n) is 4.51. The molecule has 3 N–H and O–H groups in total. The second-order valence-corrected chi connectivity index (χ2v) is 4.95. The number of hydrogen-bond donors (Lipinski definition) is 2. The fourth-order valence-electron chi connectivity index (χ4n) is 2.26. The van der Waals surface area contributed by atoms with E-state index < -0.39 is 0 Å². The third kappa shape index (κ3) is 2.11. The molecule has 94 valence electrons. The lowest BCUT2D eigenvalue weighted by Gasteiger charge is -2.12. The van der Waals surface area contributed by atoms with Crippen LogP contribution in [0, 0.1) is 6.92 Å². The summed E-state index contributed by atoms with van der Waals surface area (Å²) in [6.45, 7) is 2.05. The summed E-state index contributed by atoms with van der Waals surface area (Å²) >= 11 is 4.98. The largest absolute Gasteiger partial charge is 0.376 e. The normalized spacial score (nSPS) is 10.8. The molecule has 0 aliphatic heterocycles. The van der Waals surface area contributed by atoms with Gasteiger partial charge in [-0.25, -0.2) is 4.98 Å². The Morgan fingerprint density at radius 2 is 1.84 bits per heavy atom. The minimum atomic E-state index is 0.263. The first-order valence-electron chi connectivity index (χ1n) is 6.01. The van der Waals surface area contributed by atoms with Crippen molar-refractivity contribution in [3.63, 3.8) is 0 Å². The Bertz CT molecular complexity index is 796. The zero-order valence-corrected chi connectivity index (χ0v) is 11.3. The molecular formula is C15H13N3S. The van der Waals surface area contributed by atoms with Gasteiger partial charge in [-0.15, -0.1) is 0 Å². The molecule has 3 nitrogen and oxygen atoms in total. The molecule has 0 aliphatic carbocycles. The first-order valence-corrected chi connectivity index (χ1v) is 6.41. The molecule has 3 rings (SSSR count). The molecular weight excluding hydrogens is 254 g/mol. The van der Waals surface area contributed by atoms with Gasteiger partial charge in [0.25, 0.3) is 0 Å². The van der Waals surface area contributed by atoms with Crippen LogP contribution in [0.4, 0.5) is 5.69 Å². The molecule has 0 amide bonds. The average molecular weight is 267 g/mol. The van der Waals surface area contributed by atoms with Gasteiger partial charge >= 0.3 is 0 Å². The fraction of sp³-hybridized carbons (Fsp3) is 0.0667. The highest BCUT2D eigenvalue weighted by Crippen LogP contribution is 2.31. The number of aromatic nitrogens is 1. The van der Waals surface area contributed by atoms with Gasteiger partial charge in [0.2, 0.25) is 0 Å². The lowest BCUT2D eigenvalue weighted by atomic mass is 10.1. The molecule has 0 saturated carbocycles. The maximum absolute atomic E-state index is 5.64. The van der Waals surface area contributed by atoms with Crippen LogP contribution in [0.3, 0.4) is 0 Å². The van der Waals surface area contributed by atoms with Crippen LogP contribution >= 0.6 is 12.2 Å². The number of nitrogens with two attached hydrogens (primary N) is 1. The topological polar surface area (TPSA) is 50.9 Å². The SMILES string of the molecule is Cc1ccc2nc3ccccc3c(NC(N)=S)c2c1. The number of anilines is 1. The van der Waals surface area contributed by atoms with E-state index in [-0.39, 0.29) is 5.11 Å². The van der Waals surface area contributed by atoms with Gasteiger partial charge in [-0.05, 0) is 37.3 Å². The minimum absolute atomic E-state index is 0.263. The van der Waals surface area contributed by atoms with E-state index in [1.807, 2.05) is 30.3 Å². The number of para-hydroxylation sites is 1. The fourth-order valence-corrected chi connectivity index (χ4v) is 2.36. The molecule has 1 heterocycles. The van der Waals surface area contributed by atoms with Gasteiger partial charge in [0.05, 0.1) is 16.7 Å². The van der Waals surface area contributed by atoms with Gasteiger partial charge in [-0.3, -0.25) is 0 Å². The highest BCUT2D eigenvalue weighted by atomic mass is 32.1. The number of fused-ring (bicyclic) bond motifs is 2. The van der Waals surface area contributed by atoms with E-state index in [0.717, 1.165) is 27.5 Å². The van der Waals surface area contributed by atoms with Gasteiger partial charge in [0.15, 0.2) is 5.11 Å². The second kappa shape index (κ2) is 4.48. The summed E-state index contributed by atoms with van der Waals surface area (Å²) in [4.78, 5) is 4.66. The predicted molar refractivity (Wildman–Crippen MR) is 84.4 cm³/mol. The van der Waals surface area contributed by atoms with Gasteiger partial charge < -0.3 is 11.1 Å². The lowest BCUT2D eigenvalue weighted by molar-refractivity contribution is 1.45. The Morgan fingerprint density at radius 1 is 1.11 bits per heavy atom. The monoisotopic (exact) mass is 267 g/mol. The number of nitrogens with one attached hydrogen (secondary N) is 1. The van der Waals surface area contributed by atoms with E-state index in [0.29, 0.717) is 0 Å². The molecule has 0 saturated heterocycles. The molecule has 3 aromatic rings. The Balaban J connectivity index is 2.46. The number of benzene rings is 2. The number of thiocarbonyl (C=S) groups is 1. The van der Waals surface area contributed by atoms with Gasteiger partial charge in [0.1, 0.15) is 0 Å². The van der Waals surface area contributed by atoms with E-state index in [2.05, 4.69) is 29.4 Å². The van der Waals surface area contributed by atoms with Crippen LogP contribution in [0.1, 0.15) is 5.56 Å². The maximum atomic E-state index is 5.64. The zero-order chi connectivity index (χ0) is 13.4. The van der Waals surface area contributed by atoms with Crippen LogP contribution in [0.2, 0.25) is 0 Å². The Kier molecular flexibility index (Phi) is 2.80. The van der Waals surface area contributed by atoms with E-state index in [4.69, 9.17) is 18.0 Å². The van der Waals surface area contributed by atoms with Crippen molar-refractivity contribution in [3.8, 4) is 0 Å². The van der Waals surface area contributed by atoms with Gasteiger partial charge in [-0.2, -0.15) is 0 Å². The summed E-state index contributed by atoms with van der Waals surface area (Å²) in [7, 11) is 0. The smallest absolute Gasteiger partial charge is 0.168 e.